The Morgan fingerprint density at radius 3 is 2.71 bits per heavy atom. The minimum absolute atomic E-state index is 0.0115. The van der Waals surface area contributed by atoms with Crippen molar-refractivity contribution in [1.82, 2.24) is 24.6 Å². The molecule has 1 N–H and O–H groups in total. The van der Waals surface area contributed by atoms with Gasteiger partial charge >= 0.3 is 0 Å². The van der Waals surface area contributed by atoms with E-state index in [9.17, 15) is 4.79 Å². The molecule has 0 saturated carbocycles. The average Bonchev–Trinajstić information content (AvgIpc) is 3.13. The van der Waals surface area contributed by atoms with Gasteiger partial charge in [0, 0.05) is 43.4 Å². The number of H-pyrrole nitrogens is 1. The third-order valence-electron chi connectivity index (χ3n) is 4.71. The summed E-state index contributed by atoms with van der Waals surface area (Å²) in [4.78, 5) is 19.4. The predicted octanol–water partition coefficient (Wildman–Crippen LogP) is 2.77. The molecule has 1 fully saturated rings. The standard InChI is InChI=1S/C18H27N5O/c1-12-10-22(5)16(19-12)13-7-6-8-23(11-13)17(24)14-9-15(21-20-14)18(2,3)4/h9-10,13H,6-8,11H2,1-5H3,(H,20,21)/t13-/m0/s1. The van der Waals surface area contributed by atoms with Crippen LogP contribution in [0.5, 0.6) is 0 Å². The maximum Gasteiger partial charge on any atom is 0.274 e. The summed E-state index contributed by atoms with van der Waals surface area (Å²) in [6.45, 7) is 9.82. The molecule has 0 unspecified atom stereocenters. The van der Waals surface area contributed by atoms with Crippen molar-refractivity contribution in [2.24, 2.45) is 7.05 Å². The molecule has 0 bridgehead atoms. The summed E-state index contributed by atoms with van der Waals surface area (Å²) < 4.78 is 2.08. The van der Waals surface area contributed by atoms with E-state index >= 15 is 0 Å². The van der Waals surface area contributed by atoms with Crippen LogP contribution in [-0.4, -0.2) is 43.6 Å². The van der Waals surface area contributed by atoms with Crippen LogP contribution in [0.3, 0.4) is 0 Å². The van der Waals surface area contributed by atoms with E-state index in [0.717, 1.165) is 36.6 Å². The molecule has 1 amide bonds. The molecule has 0 radical (unpaired) electrons. The van der Waals surface area contributed by atoms with Gasteiger partial charge in [0.25, 0.3) is 5.91 Å². The molecule has 1 aliphatic rings. The first-order valence-electron chi connectivity index (χ1n) is 8.60. The molecule has 6 heteroatoms. The zero-order chi connectivity index (χ0) is 17.5. The van der Waals surface area contributed by atoms with Gasteiger partial charge in [0.15, 0.2) is 0 Å². The van der Waals surface area contributed by atoms with E-state index in [2.05, 4.69) is 40.5 Å². The second-order valence-electron chi connectivity index (χ2n) is 7.86. The molecule has 24 heavy (non-hydrogen) atoms. The fraction of sp³-hybridized carbons (Fsp3) is 0.611. The van der Waals surface area contributed by atoms with Crippen LogP contribution in [0.15, 0.2) is 12.3 Å². The summed E-state index contributed by atoms with van der Waals surface area (Å²) in [5, 5.41) is 7.25. The van der Waals surface area contributed by atoms with E-state index in [0.29, 0.717) is 18.2 Å². The number of hydrogen-bond donors (Lipinski definition) is 1. The fourth-order valence-corrected chi connectivity index (χ4v) is 3.36. The number of likely N-dealkylation sites (tertiary alicyclic amines) is 1. The van der Waals surface area contributed by atoms with E-state index < -0.39 is 0 Å². The number of piperidine rings is 1. The van der Waals surface area contributed by atoms with Gasteiger partial charge in [-0.15, -0.1) is 0 Å². The monoisotopic (exact) mass is 329 g/mol. The van der Waals surface area contributed by atoms with Crippen molar-refractivity contribution in [3.05, 3.63) is 35.2 Å². The lowest BCUT2D eigenvalue weighted by Crippen LogP contribution is -2.39. The number of nitrogens with zero attached hydrogens (tertiary/aromatic N) is 4. The molecule has 3 rings (SSSR count). The maximum absolute atomic E-state index is 12.8. The highest BCUT2D eigenvalue weighted by Crippen LogP contribution is 2.27. The van der Waals surface area contributed by atoms with Crippen LogP contribution in [0.4, 0.5) is 0 Å². The van der Waals surface area contributed by atoms with E-state index in [1.807, 2.05) is 31.1 Å². The van der Waals surface area contributed by atoms with Crippen LogP contribution in [0.2, 0.25) is 0 Å². The molecule has 2 aromatic rings. The highest BCUT2D eigenvalue weighted by atomic mass is 16.2. The van der Waals surface area contributed by atoms with E-state index in [1.165, 1.54) is 0 Å². The average molecular weight is 329 g/mol. The summed E-state index contributed by atoms with van der Waals surface area (Å²) in [7, 11) is 2.03. The third-order valence-corrected chi connectivity index (χ3v) is 4.71. The minimum Gasteiger partial charge on any atom is -0.337 e. The molecule has 0 aliphatic carbocycles. The van der Waals surface area contributed by atoms with Crippen molar-refractivity contribution in [3.63, 3.8) is 0 Å². The molecular weight excluding hydrogens is 302 g/mol. The Morgan fingerprint density at radius 2 is 2.12 bits per heavy atom. The number of carbonyl (C=O) groups is 1. The molecule has 3 heterocycles. The lowest BCUT2D eigenvalue weighted by atomic mass is 9.92. The topological polar surface area (TPSA) is 66.8 Å². The molecule has 0 spiro atoms. The zero-order valence-electron chi connectivity index (χ0n) is 15.3. The summed E-state index contributed by atoms with van der Waals surface area (Å²) in [6, 6.07) is 1.89. The SMILES string of the molecule is Cc1cn(C)c([C@H]2CCCN(C(=O)c3cc(C(C)(C)C)[nH]n3)C2)n1. The smallest absolute Gasteiger partial charge is 0.274 e. The summed E-state index contributed by atoms with van der Waals surface area (Å²) in [5.41, 5.74) is 2.48. The van der Waals surface area contributed by atoms with Crippen LogP contribution in [0.25, 0.3) is 0 Å². The second kappa shape index (κ2) is 6.07. The lowest BCUT2D eigenvalue weighted by molar-refractivity contribution is 0.0697. The third kappa shape index (κ3) is 3.23. The minimum atomic E-state index is -0.0412. The first kappa shape index (κ1) is 16.7. The largest absolute Gasteiger partial charge is 0.337 e. The lowest BCUT2D eigenvalue weighted by Gasteiger charge is -2.32. The van der Waals surface area contributed by atoms with Crippen molar-refractivity contribution in [2.75, 3.05) is 13.1 Å². The van der Waals surface area contributed by atoms with Crippen LogP contribution >= 0.6 is 0 Å². The van der Waals surface area contributed by atoms with E-state index in [-0.39, 0.29) is 11.3 Å². The molecular formula is C18H27N5O. The Labute approximate surface area is 143 Å². The maximum atomic E-state index is 12.8. The van der Waals surface area contributed by atoms with Gasteiger partial charge in [0.2, 0.25) is 0 Å². The van der Waals surface area contributed by atoms with Gasteiger partial charge in [0.05, 0.1) is 5.69 Å². The van der Waals surface area contributed by atoms with Crippen LogP contribution in [-0.2, 0) is 12.5 Å². The first-order valence-corrected chi connectivity index (χ1v) is 8.60. The van der Waals surface area contributed by atoms with Crippen LogP contribution < -0.4 is 0 Å². The Balaban J connectivity index is 1.76. The van der Waals surface area contributed by atoms with Crippen molar-refractivity contribution in [2.45, 2.75) is 51.9 Å². The van der Waals surface area contributed by atoms with Gasteiger partial charge in [-0.25, -0.2) is 4.98 Å². The quantitative estimate of drug-likeness (QED) is 0.921. The normalized spacial score (nSPS) is 18.9. The van der Waals surface area contributed by atoms with Crippen LogP contribution in [0, 0.1) is 6.92 Å². The number of rotatable bonds is 2. The number of aromatic amines is 1. The van der Waals surface area contributed by atoms with Crippen LogP contribution in [0.1, 0.15) is 67.2 Å². The number of amides is 1. The predicted molar refractivity (Wildman–Crippen MR) is 93.1 cm³/mol. The van der Waals surface area contributed by atoms with Gasteiger partial charge in [-0.1, -0.05) is 20.8 Å². The summed E-state index contributed by atoms with van der Waals surface area (Å²) in [6.07, 6.45) is 4.11. The highest BCUT2D eigenvalue weighted by molar-refractivity contribution is 5.92. The Bertz CT molecular complexity index is 737. The molecule has 1 atom stereocenters. The Morgan fingerprint density at radius 1 is 1.38 bits per heavy atom. The van der Waals surface area contributed by atoms with E-state index in [4.69, 9.17) is 0 Å². The fourth-order valence-electron chi connectivity index (χ4n) is 3.36. The molecule has 1 saturated heterocycles. The number of aryl methyl sites for hydroxylation is 2. The van der Waals surface area contributed by atoms with Crippen molar-refractivity contribution < 1.29 is 4.79 Å². The highest BCUT2D eigenvalue weighted by Gasteiger charge is 2.29. The zero-order valence-corrected chi connectivity index (χ0v) is 15.3. The number of aromatic nitrogens is 4. The molecule has 0 aromatic carbocycles. The Hall–Kier alpha value is -2.11. The summed E-state index contributed by atoms with van der Waals surface area (Å²) >= 11 is 0. The summed E-state index contributed by atoms with van der Waals surface area (Å²) in [5.74, 6) is 1.38. The Kier molecular flexibility index (Phi) is 4.24. The molecule has 6 nitrogen and oxygen atoms in total. The van der Waals surface area contributed by atoms with Crippen molar-refractivity contribution >= 4 is 5.91 Å². The number of nitrogens with one attached hydrogen (secondary N) is 1. The van der Waals surface area contributed by atoms with Crippen molar-refractivity contribution in [3.8, 4) is 0 Å². The van der Waals surface area contributed by atoms with E-state index in [1.54, 1.807) is 0 Å². The number of carbonyl (C=O) groups excluding carboxylic acids is 1. The van der Waals surface area contributed by atoms with Gasteiger partial charge < -0.3 is 9.47 Å². The second-order valence-corrected chi connectivity index (χ2v) is 7.86. The van der Waals surface area contributed by atoms with Crippen molar-refractivity contribution in [1.29, 1.82) is 0 Å². The van der Waals surface area contributed by atoms with Gasteiger partial charge in [-0.05, 0) is 25.8 Å². The molecule has 130 valence electrons. The number of imidazole rings is 1. The van der Waals surface area contributed by atoms with Gasteiger partial charge in [0.1, 0.15) is 11.5 Å². The first-order chi connectivity index (χ1) is 11.3. The molecule has 2 aromatic heterocycles. The van der Waals surface area contributed by atoms with Gasteiger partial charge in [-0.2, -0.15) is 5.10 Å². The van der Waals surface area contributed by atoms with Gasteiger partial charge in [-0.3, -0.25) is 9.89 Å². The molecule has 1 aliphatic heterocycles. The number of hydrogen-bond acceptors (Lipinski definition) is 3.